The molecule has 5 rings (SSSR count). The molecule has 0 unspecified atom stereocenters. The number of rotatable bonds is 4. The number of thiophene rings is 2. The molecule has 6 heteroatoms. The molecule has 1 saturated carbocycles. The molecule has 1 aromatic carbocycles. The van der Waals surface area contributed by atoms with E-state index in [1.807, 2.05) is 41.8 Å². The number of aromatic nitrogens is 1. The van der Waals surface area contributed by atoms with Crippen molar-refractivity contribution in [1.82, 2.24) is 4.98 Å². The number of carbonyl (C=O) groups is 1. The van der Waals surface area contributed by atoms with E-state index in [1.54, 1.807) is 0 Å². The van der Waals surface area contributed by atoms with Gasteiger partial charge in [-0.05, 0) is 53.6 Å². The average Bonchev–Trinajstić information content (AvgIpc) is 3.28. The van der Waals surface area contributed by atoms with Gasteiger partial charge < -0.3 is 5.73 Å². The largest absolute Gasteiger partial charge is 0.397 e. The van der Waals surface area contributed by atoms with E-state index in [4.69, 9.17) is 22.3 Å². The first-order valence-corrected chi connectivity index (χ1v) is 10.8. The Morgan fingerprint density at radius 3 is 2.63 bits per heavy atom. The Balaban J connectivity index is 1.75. The fourth-order valence-electron chi connectivity index (χ4n) is 3.27. The number of nitrogens with zero attached hydrogens (tertiary/aromatic N) is 1. The number of nitrogens with two attached hydrogens (primary N) is 1. The van der Waals surface area contributed by atoms with Crippen LogP contribution >= 0.6 is 34.3 Å². The van der Waals surface area contributed by atoms with E-state index < -0.39 is 0 Å². The lowest BCUT2D eigenvalue weighted by atomic mass is 10.00. The van der Waals surface area contributed by atoms with Gasteiger partial charge in [-0.15, -0.1) is 22.7 Å². The van der Waals surface area contributed by atoms with Crippen LogP contribution in [-0.4, -0.2) is 10.8 Å². The Labute approximate surface area is 169 Å². The highest BCUT2D eigenvalue weighted by Crippen LogP contribution is 2.45. The third-order valence-corrected chi connectivity index (χ3v) is 7.04. The molecule has 3 nitrogen and oxygen atoms in total. The number of hydrogen-bond acceptors (Lipinski definition) is 5. The second kappa shape index (κ2) is 6.44. The van der Waals surface area contributed by atoms with E-state index >= 15 is 0 Å². The maximum atomic E-state index is 12.9. The summed E-state index contributed by atoms with van der Waals surface area (Å²) in [6.07, 6.45) is 2.33. The van der Waals surface area contributed by atoms with E-state index in [1.165, 1.54) is 35.5 Å². The summed E-state index contributed by atoms with van der Waals surface area (Å²) in [7, 11) is 0. The minimum Gasteiger partial charge on any atom is -0.397 e. The molecular weight excluding hydrogens is 396 g/mol. The smallest absolute Gasteiger partial charge is 0.215 e. The number of fused-ring (bicyclic) bond motifs is 1. The molecule has 1 fully saturated rings. The zero-order chi connectivity index (χ0) is 18.5. The topological polar surface area (TPSA) is 56.0 Å². The van der Waals surface area contributed by atoms with Gasteiger partial charge in [0, 0.05) is 22.0 Å². The van der Waals surface area contributed by atoms with Gasteiger partial charge in [-0.3, -0.25) is 4.79 Å². The van der Waals surface area contributed by atoms with Crippen LogP contribution in [0.15, 0.2) is 47.8 Å². The molecular formula is C21H15ClN2OS2. The first-order valence-electron chi connectivity index (χ1n) is 8.69. The van der Waals surface area contributed by atoms with Gasteiger partial charge in [0.15, 0.2) is 0 Å². The Kier molecular flexibility index (Phi) is 4.04. The maximum absolute atomic E-state index is 12.9. The second-order valence-electron chi connectivity index (χ2n) is 6.71. The Morgan fingerprint density at radius 1 is 1.19 bits per heavy atom. The molecule has 0 aliphatic heterocycles. The van der Waals surface area contributed by atoms with Crippen molar-refractivity contribution in [1.29, 1.82) is 0 Å². The minimum atomic E-state index is -0.0273. The van der Waals surface area contributed by atoms with Crippen LogP contribution in [0.4, 0.5) is 5.69 Å². The van der Waals surface area contributed by atoms with Crippen molar-refractivity contribution in [3.8, 4) is 11.1 Å². The summed E-state index contributed by atoms with van der Waals surface area (Å²) >= 11 is 8.89. The standard InChI is InChI=1S/C21H15ClN2OS2/c22-13-7-5-11(6-8-13)14-10-15(12-3-4-12)24-21-17(14)18(23)20(27-21)19(25)16-2-1-9-26-16/h1-2,5-10,12H,3-4,23H2. The highest BCUT2D eigenvalue weighted by molar-refractivity contribution is 7.22. The average molecular weight is 411 g/mol. The quantitative estimate of drug-likeness (QED) is 0.398. The summed E-state index contributed by atoms with van der Waals surface area (Å²) in [5.74, 6) is 0.487. The van der Waals surface area contributed by atoms with Gasteiger partial charge in [-0.2, -0.15) is 0 Å². The molecule has 0 atom stereocenters. The van der Waals surface area contributed by atoms with Crippen LogP contribution in [-0.2, 0) is 0 Å². The number of benzene rings is 1. The van der Waals surface area contributed by atoms with Crippen LogP contribution in [0.5, 0.6) is 0 Å². The van der Waals surface area contributed by atoms with Gasteiger partial charge in [0.2, 0.25) is 5.78 Å². The molecule has 4 aromatic rings. The monoisotopic (exact) mass is 410 g/mol. The lowest BCUT2D eigenvalue weighted by Gasteiger charge is -2.08. The van der Waals surface area contributed by atoms with Crippen LogP contribution in [0.2, 0.25) is 5.02 Å². The van der Waals surface area contributed by atoms with Crippen molar-refractivity contribution in [2.24, 2.45) is 0 Å². The van der Waals surface area contributed by atoms with Crippen molar-refractivity contribution in [3.63, 3.8) is 0 Å². The fourth-order valence-corrected chi connectivity index (χ4v) is 5.22. The molecule has 3 heterocycles. The number of nitrogen functional groups attached to an aromatic ring is 1. The summed E-state index contributed by atoms with van der Waals surface area (Å²) in [5, 5.41) is 3.46. The van der Waals surface area contributed by atoms with Gasteiger partial charge in [0.1, 0.15) is 9.71 Å². The van der Waals surface area contributed by atoms with Gasteiger partial charge in [0.05, 0.1) is 10.6 Å². The Morgan fingerprint density at radius 2 is 1.96 bits per heavy atom. The molecule has 2 N–H and O–H groups in total. The van der Waals surface area contributed by atoms with Crippen LogP contribution < -0.4 is 5.73 Å². The van der Waals surface area contributed by atoms with Crippen LogP contribution in [0.25, 0.3) is 21.3 Å². The lowest BCUT2D eigenvalue weighted by molar-refractivity contribution is 0.104. The number of ketones is 1. The third-order valence-electron chi connectivity index (χ3n) is 4.82. The molecule has 0 bridgehead atoms. The third kappa shape index (κ3) is 2.96. The number of halogens is 1. The molecule has 0 saturated heterocycles. The van der Waals surface area contributed by atoms with E-state index in [2.05, 4.69) is 6.07 Å². The van der Waals surface area contributed by atoms with Crippen molar-refractivity contribution in [3.05, 3.63) is 68.3 Å². The predicted octanol–water partition coefficient (Wildman–Crippen LogP) is 6.37. The van der Waals surface area contributed by atoms with E-state index in [-0.39, 0.29) is 5.78 Å². The number of carbonyl (C=O) groups excluding carboxylic acids is 1. The van der Waals surface area contributed by atoms with Crippen molar-refractivity contribution >= 4 is 56.0 Å². The van der Waals surface area contributed by atoms with Crippen molar-refractivity contribution < 1.29 is 4.79 Å². The summed E-state index contributed by atoms with van der Waals surface area (Å²) in [4.78, 5) is 19.9. The molecule has 27 heavy (non-hydrogen) atoms. The van der Waals surface area contributed by atoms with E-state index in [9.17, 15) is 4.79 Å². The second-order valence-corrected chi connectivity index (χ2v) is 9.09. The Bertz CT molecular complexity index is 1160. The van der Waals surface area contributed by atoms with E-state index in [0.717, 1.165) is 27.0 Å². The summed E-state index contributed by atoms with van der Waals surface area (Å²) < 4.78 is 0. The zero-order valence-corrected chi connectivity index (χ0v) is 16.6. The van der Waals surface area contributed by atoms with Crippen molar-refractivity contribution in [2.45, 2.75) is 18.8 Å². The predicted molar refractivity (Wildman–Crippen MR) is 114 cm³/mol. The Hall–Kier alpha value is -2.21. The minimum absolute atomic E-state index is 0.0273. The fraction of sp³-hybridized carbons (Fsp3) is 0.143. The van der Waals surface area contributed by atoms with Crippen LogP contribution in [0.3, 0.4) is 0 Å². The number of anilines is 1. The van der Waals surface area contributed by atoms with Crippen molar-refractivity contribution in [2.75, 3.05) is 5.73 Å². The van der Waals surface area contributed by atoms with Gasteiger partial charge in [-0.25, -0.2) is 4.98 Å². The molecule has 1 aliphatic carbocycles. The van der Waals surface area contributed by atoms with Gasteiger partial charge >= 0.3 is 0 Å². The lowest BCUT2D eigenvalue weighted by Crippen LogP contribution is -2.00. The molecule has 0 amide bonds. The zero-order valence-electron chi connectivity index (χ0n) is 14.2. The molecule has 0 spiro atoms. The summed E-state index contributed by atoms with van der Waals surface area (Å²) in [5.41, 5.74) is 10.2. The highest BCUT2D eigenvalue weighted by Gasteiger charge is 2.28. The summed E-state index contributed by atoms with van der Waals surface area (Å²) in [6.45, 7) is 0. The first kappa shape index (κ1) is 16.9. The van der Waals surface area contributed by atoms with Gasteiger partial charge in [-0.1, -0.05) is 29.8 Å². The SMILES string of the molecule is Nc1c(C(=O)c2cccs2)sc2nc(C3CC3)cc(-c3ccc(Cl)cc3)c12. The number of pyridine rings is 1. The normalized spacial score (nSPS) is 14.0. The van der Waals surface area contributed by atoms with E-state index in [0.29, 0.717) is 26.4 Å². The highest BCUT2D eigenvalue weighted by atomic mass is 35.5. The van der Waals surface area contributed by atoms with Crippen LogP contribution in [0, 0.1) is 0 Å². The van der Waals surface area contributed by atoms with Gasteiger partial charge in [0.25, 0.3) is 0 Å². The molecule has 1 aliphatic rings. The first-order chi connectivity index (χ1) is 13.1. The molecule has 134 valence electrons. The molecule has 3 aromatic heterocycles. The maximum Gasteiger partial charge on any atom is 0.215 e. The summed E-state index contributed by atoms with van der Waals surface area (Å²) in [6, 6.07) is 13.6. The number of hydrogen-bond donors (Lipinski definition) is 1. The molecule has 0 radical (unpaired) electrons. The van der Waals surface area contributed by atoms with Crippen LogP contribution in [0.1, 0.15) is 39.0 Å².